The number of carbonyl (C=O) groups is 2. The van der Waals surface area contributed by atoms with Gasteiger partial charge in [0.2, 0.25) is 17.7 Å². The average Bonchev–Trinajstić information content (AvgIpc) is 2.48. The highest BCUT2D eigenvalue weighted by molar-refractivity contribution is 5.81. The molecular formula is C21H32F2N2O2. The first-order chi connectivity index (χ1) is 12.8. The van der Waals surface area contributed by atoms with E-state index in [4.69, 9.17) is 0 Å². The average molecular weight is 382 g/mol. The fourth-order valence-electron chi connectivity index (χ4n) is 5.41. The zero-order valence-electron chi connectivity index (χ0n) is 16.3. The molecule has 4 aliphatic rings. The highest BCUT2D eigenvalue weighted by Crippen LogP contribution is 2.45. The maximum atomic E-state index is 13.1. The van der Waals surface area contributed by atoms with Gasteiger partial charge in [0.25, 0.3) is 0 Å². The number of rotatable bonds is 5. The summed E-state index contributed by atoms with van der Waals surface area (Å²) in [5.41, 5.74) is 0. The van der Waals surface area contributed by atoms with Crippen LogP contribution in [0.15, 0.2) is 0 Å². The third kappa shape index (κ3) is 3.86. The van der Waals surface area contributed by atoms with Crippen LogP contribution in [0.4, 0.5) is 8.78 Å². The fraction of sp³-hybridized carbons (Fsp3) is 0.905. The minimum atomic E-state index is -2.66. The van der Waals surface area contributed by atoms with E-state index >= 15 is 0 Å². The van der Waals surface area contributed by atoms with Gasteiger partial charge >= 0.3 is 0 Å². The van der Waals surface area contributed by atoms with Crippen molar-refractivity contribution in [2.45, 2.75) is 89.1 Å². The number of hydrogen-bond donors (Lipinski definition) is 1. The molecule has 1 aliphatic heterocycles. The van der Waals surface area contributed by atoms with Gasteiger partial charge in [-0.15, -0.1) is 0 Å². The summed E-state index contributed by atoms with van der Waals surface area (Å²) >= 11 is 0. The summed E-state index contributed by atoms with van der Waals surface area (Å²) < 4.78 is 26.1. The molecule has 3 aliphatic carbocycles. The number of nitrogens with zero attached hydrogens (tertiary/aromatic N) is 1. The first kappa shape index (κ1) is 19.1. The lowest BCUT2D eigenvalue weighted by Gasteiger charge is -2.44. The highest BCUT2D eigenvalue weighted by Gasteiger charge is 2.50. The van der Waals surface area contributed by atoms with Crippen LogP contribution in [-0.4, -0.2) is 41.3 Å². The standard InChI is InChI=1S/C21H32F2N2O2/c1-13-10-17(8-9-25(13)20(27)16-11-21(22,23)12-16)24-19(26)18(14-4-2-5-14)15-6-3-7-15/h13-18H,2-12H2,1H3,(H,24,26). The third-order valence-corrected chi connectivity index (χ3v) is 7.56. The Labute approximate surface area is 160 Å². The van der Waals surface area contributed by atoms with Gasteiger partial charge in [-0.05, 0) is 57.3 Å². The molecule has 6 heteroatoms. The van der Waals surface area contributed by atoms with Crippen molar-refractivity contribution in [2.24, 2.45) is 23.7 Å². The fourth-order valence-corrected chi connectivity index (χ4v) is 5.41. The van der Waals surface area contributed by atoms with Gasteiger partial charge in [-0.3, -0.25) is 9.59 Å². The molecule has 2 amide bonds. The van der Waals surface area contributed by atoms with Gasteiger partial charge in [-0.2, -0.15) is 0 Å². The minimum Gasteiger partial charge on any atom is -0.353 e. The summed E-state index contributed by atoms with van der Waals surface area (Å²) in [6.07, 6.45) is 8.08. The van der Waals surface area contributed by atoms with Crippen molar-refractivity contribution in [2.75, 3.05) is 6.54 Å². The number of likely N-dealkylation sites (tertiary alicyclic amines) is 1. The number of hydrogen-bond acceptors (Lipinski definition) is 2. The number of alkyl halides is 2. The molecule has 0 aromatic heterocycles. The van der Waals surface area contributed by atoms with Gasteiger partial charge in [0.15, 0.2) is 0 Å². The van der Waals surface area contributed by atoms with Crippen LogP contribution in [0, 0.1) is 23.7 Å². The number of halogens is 2. The van der Waals surface area contributed by atoms with Crippen LogP contribution in [0.5, 0.6) is 0 Å². The second-order valence-electron chi connectivity index (χ2n) is 9.48. The maximum absolute atomic E-state index is 13.1. The van der Waals surface area contributed by atoms with Crippen molar-refractivity contribution in [3.05, 3.63) is 0 Å². The number of amides is 2. The predicted octanol–water partition coefficient (Wildman–Crippen LogP) is 3.74. The van der Waals surface area contributed by atoms with E-state index < -0.39 is 11.8 Å². The summed E-state index contributed by atoms with van der Waals surface area (Å²) in [6.45, 7) is 2.53. The largest absolute Gasteiger partial charge is 0.353 e. The Morgan fingerprint density at radius 2 is 1.63 bits per heavy atom. The van der Waals surface area contributed by atoms with Gasteiger partial charge in [-0.1, -0.05) is 12.8 Å². The number of nitrogens with one attached hydrogen (secondary N) is 1. The van der Waals surface area contributed by atoms with Crippen LogP contribution in [0.3, 0.4) is 0 Å². The Kier molecular flexibility index (Phi) is 5.19. The maximum Gasteiger partial charge on any atom is 0.249 e. The Morgan fingerprint density at radius 3 is 2.07 bits per heavy atom. The molecule has 0 radical (unpaired) electrons. The second kappa shape index (κ2) is 7.32. The molecule has 4 fully saturated rings. The Bertz CT molecular complexity index is 567. The summed E-state index contributed by atoms with van der Waals surface area (Å²) in [6, 6.07) is 0.0960. The molecule has 1 saturated heterocycles. The van der Waals surface area contributed by atoms with Crippen molar-refractivity contribution in [3.8, 4) is 0 Å². The van der Waals surface area contributed by atoms with Gasteiger partial charge in [0.05, 0.1) is 0 Å². The van der Waals surface area contributed by atoms with Crippen molar-refractivity contribution in [1.29, 1.82) is 0 Å². The molecule has 0 bridgehead atoms. The topological polar surface area (TPSA) is 49.4 Å². The van der Waals surface area contributed by atoms with Crippen molar-refractivity contribution in [1.82, 2.24) is 10.2 Å². The van der Waals surface area contributed by atoms with E-state index in [1.54, 1.807) is 4.90 Å². The van der Waals surface area contributed by atoms with E-state index in [0.717, 1.165) is 12.8 Å². The highest BCUT2D eigenvalue weighted by atomic mass is 19.3. The van der Waals surface area contributed by atoms with Gasteiger partial charge in [0, 0.05) is 43.3 Å². The first-order valence-electron chi connectivity index (χ1n) is 10.8. The normalized spacial score (nSPS) is 31.8. The van der Waals surface area contributed by atoms with E-state index in [9.17, 15) is 18.4 Å². The molecule has 27 heavy (non-hydrogen) atoms. The molecule has 4 rings (SSSR count). The summed E-state index contributed by atoms with van der Waals surface area (Å²) in [4.78, 5) is 27.2. The van der Waals surface area contributed by atoms with Crippen LogP contribution in [0.1, 0.15) is 71.1 Å². The quantitative estimate of drug-likeness (QED) is 0.787. The first-order valence-corrected chi connectivity index (χ1v) is 10.8. The van der Waals surface area contributed by atoms with E-state index in [-0.39, 0.29) is 42.7 Å². The summed E-state index contributed by atoms with van der Waals surface area (Å²) in [5.74, 6) is -1.77. The van der Waals surface area contributed by atoms with Crippen LogP contribution in [0.25, 0.3) is 0 Å². The smallest absolute Gasteiger partial charge is 0.249 e. The van der Waals surface area contributed by atoms with E-state index in [2.05, 4.69) is 5.32 Å². The van der Waals surface area contributed by atoms with Crippen LogP contribution >= 0.6 is 0 Å². The Morgan fingerprint density at radius 1 is 1.04 bits per heavy atom. The molecule has 2 atom stereocenters. The zero-order valence-corrected chi connectivity index (χ0v) is 16.3. The van der Waals surface area contributed by atoms with Crippen molar-refractivity contribution >= 4 is 11.8 Å². The number of piperidine rings is 1. The predicted molar refractivity (Wildman–Crippen MR) is 98.2 cm³/mol. The summed E-state index contributed by atoms with van der Waals surface area (Å²) in [5, 5.41) is 3.28. The molecule has 1 heterocycles. The molecule has 0 aromatic carbocycles. The van der Waals surface area contributed by atoms with Gasteiger partial charge < -0.3 is 10.2 Å². The molecule has 2 unspecified atom stereocenters. The molecule has 4 nitrogen and oxygen atoms in total. The Balaban J connectivity index is 1.29. The molecule has 0 spiro atoms. The van der Waals surface area contributed by atoms with Crippen molar-refractivity contribution < 1.29 is 18.4 Å². The monoisotopic (exact) mass is 382 g/mol. The zero-order chi connectivity index (χ0) is 19.2. The lowest BCUT2D eigenvalue weighted by atomic mass is 9.64. The Hall–Kier alpha value is -1.20. The lowest BCUT2D eigenvalue weighted by Crippen LogP contribution is -2.56. The van der Waals surface area contributed by atoms with Crippen LogP contribution in [-0.2, 0) is 9.59 Å². The molecule has 152 valence electrons. The van der Waals surface area contributed by atoms with Crippen LogP contribution in [0.2, 0.25) is 0 Å². The van der Waals surface area contributed by atoms with Crippen LogP contribution < -0.4 is 5.32 Å². The molecule has 3 saturated carbocycles. The van der Waals surface area contributed by atoms with E-state index in [1.165, 1.54) is 38.5 Å². The van der Waals surface area contributed by atoms with Gasteiger partial charge in [0.1, 0.15) is 0 Å². The third-order valence-electron chi connectivity index (χ3n) is 7.56. The number of carbonyl (C=O) groups excluding carboxylic acids is 2. The van der Waals surface area contributed by atoms with E-state index in [1.807, 2.05) is 6.92 Å². The summed E-state index contributed by atoms with van der Waals surface area (Å²) in [7, 11) is 0. The minimum absolute atomic E-state index is 0.00312. The molecular weight excluding hydrogens is 350 g/mol. The van der Waals surface area contributed by atoms with Gasteiger partial charge in [-0.25, -0.2) is 8.78 Å². The second-order valence-corrected chi connectivity index (χ2v) is 9.48. The lowest BCUT2D eigenvalue weighted by molar-refractivity contribution is -0.163. The molecule has 0 aromatic rings. The molecule has 1 N–H and O–H groups in total. The van der Waals surface area contributed by atoms with Crippen molar-refractivity contribution in [3.63, 3.8) is 0 Å². The SMILES string of the molecule is CC1CC(NC(=O)C(C2CCC2)C2CCC2)CCN1C(=O)C1CC(F)(F)C1. The van der Waals surface area contributed by atoms with E-state index in [0.29, 0.717) is 18.4 Å².